The normalized spacial score (nSPS) is 10.5. The van der Waals surface area contributed by atoms with Gasteiger partial charge in [0, 0.05) is 22.8 Å². The van der Waals surface area contributed by atoms with Crippen LogP contribution in [0.25, 0.3) is 0 Å². The van der Waals surface area contributed by atoms with E-state index < -0.39 is 0 Å². The SMILES string of the molecule is Cc1cc(Cl)ccc1NC(=O)c1cc(NC(C)C)ncn1. The van der Waals surface area contributed by atoms with E-state index in [4.69, 9.17) is 11.6 Å². The monoisotopic (exact) mass is 304 g/mol. The van der Waals surface area contributed by atoms with E-state index in [0.29, 0.717) is 22.2 Å². The quantitative estimate of drug-likeness (QED) is 0.907. The maximum atomic E-state index is 12.2. The highest BCUT2D eigenvalue weighted by molar-refractivity contribution is 6.30. The molecule has 21 heavy (non-hydrogen) atoms. The number of hydrogen-bond donors (Lipinski definition) is 2. The summed E-state index contributed by atoms with van der Waals surface area (Å²) < 4.78 is 0. The van der Waals surface area contributed by atoms with Crippen molar-refractivity contribution in [3.63, 3.8) is 0 Å². The van der Waals surface area contributed by atoms with Crippen molar-refractivity contribution < 1.29 is 4.79 Å². The molecule has 0 spiro atoms. The molecule has 0 saturated carbocycles. The minimum atomic E-state index is -0.283. The van der Waals surface area contributed by atoms with Crippen molar-refractivity contribution >= 4 is 29.0 Å². The number of rotatable bonds is 4. The lowest BCUT2D eigenvalue weighted by molar-refractivity contribution is 0.102. The van der Waals surface area contributed by atoms with Gasteiger partial charge in [0.25, 0.3) is 5.91 Å². The summed E-state index contributed by atoms with van der Waals surface area (Å²) in [6.45, 7) is 5.88. The molecule has 1 aromatic heterocycles. The molecule has 5 nitrogen and oxygen atoms in total. The van der Waals surface area contributed by atoms with Gasteiger partial charge in [-0.15, -0.1) is 0 Å². The second kappa shape index (κ2) is 6.54. The second-order valence-corrected chi connectivity index (χ2v) is 5.44. The molecule has 1 heterocycles. The van der Waals surface area contributed by atoms with E-state index in [1.165, 1.54) is 6.33 Å². The van der Waals surface area contributed by atoms with Crippen molar-refractivity contribution in [3.8, 4) is 0 Å². The molecule has 1 amide bonds. The minimum Gasteiger partial charge on any atom is -0.368 e. The average Bonchev–Trinajstić information content (AvgIpc) is 2.41. The lowest BCUT2D eigenvalue weighted by atomic mass is 10.2. The maximum absolute atomic E-state index is 12.2. The zero-order valence-electron chi connectivity index (χ0n) is 12.1. The van der Waals surface area contributed by atoms with Crippen molar-refractivity contribution in [2.75, 3.05) is 10.6 Å². The Morgan fingerprint density at radius 2 is 2.00 bits per heavy atom. The number of hydrogen-bond acceptors (Lipinski definition) is 4. The molecule has 2 N–H and O–H groups in total. The van der Waals surface area contributed by atoms with Crippen LogP contribution < -0.4 is 10.6 Å². The van der Waals surface area contributed by atoms with Gasteiger partial charge in [0.2, 0.25) is 0 Å². The van der Waals surface area contributed by atoms with Crippen molar-refractivity contribution in [1.82, 2.24) is 9.97 Å². The molecule has 0 saturated heterocycles. The van der Waals surface area contributed by atoms with Crippen LogP contribution in [0.3, 0.4) is 0 Å². The number of anilines is 2. The number of aryl methyl sites for hydroxylation is 1. The van der Waals surface area contributed by atoms with E-state index in [0.717, 1.165) is 5.56 Å². The molecule has 0 unspecified atom stereocenters. The summed E-state index contributed by atoms with van der Waals surface area (Å²) in [4.78, 5) is 20.3. The number of nitrogens with one attached hydrogen (secondary N) is 2. The standard InChI is InChI=1S/C15H17ClN4O/c1-9(2)19-14-7-13(17-8-18-14)15(21)20-12-5-4-11(16)6-10(12)3/h4-9H,1-3H3,(H,20,21)(H,17,18,19). The zero-order chi connectivity index (χ0) is 15.4. The van der Waals surface area contributed by atoms with Crippen LogP contribution in [0.2, 0.25) is 5.02 Å². The smallest absolute Gasteiger partial charge is 0.274 e. The van der Waals surface area contributed by atoms with Gasteiger partial charge < -0.3 is 10.6 Å². The van der Waals surface area contributed by atoms with Crippen LogP contribution in [0, 0.1) is 6.92 Å². The van der Waals surface area contributed by atoms with E-state index in [1.807, 2.05) is 20.8 Å². The van der Waals surface area contributed by atoms with Crippen molar-refractivity contribution in [3.05, 3.63) is 46.9 Å². The molecule has 0 fully saturated rings. The summed E-state index contributed by atoms with van der Waals surface area (Å²) >= 11 is 5.90. The van der Waals surface area contributed by atoms with Crippen molar-refractivity contribution in [2.45, 2.75) is 26.8 Å². The maximum Gasteiger partial charge on any atom is 0.274 e. The van der Waals surface area contributed by atoms with Gasteiger partial charge in [-0.1, -0.05) is 11.6 Å². The summed E-state index contributed by atoms with van der Waals surface area (Å²) in [5.41, 5.74) is 1.91. The number of nitrogens with zero attached hydrogens (tertiary/aromatic N) is 2. The van der Waals surface area contributed by atoms with Crippen LogP contribution in [-0.2, 0) is 0 Å². The van der Waals surface area contributed by atoms with E-state index in [9.17, 15) is 4.79 Å². The van der Waals surface area contributed by atoms with Crippen LogP contribution >= 0.6 is 11.6 Å². The van der Waals surface area contributed by atoms with Gasteiger partial charge in [0.15, 0.2) is 0 Å². The molecule has 0 bridgehead atoms. The van der Waals surface area contributed by atoms with Crippen LogP contribution in [-0.4, -0.2) is 21.9 Å². The average molecular weight is 305 g/mol. The summed E-state index contributed by atoms with van der Waals surface area (Å²) in [5, 5.41) is 6.59. The highest BCUT2D eigenvalue weighted by Crippen LogP contribution is 2.20. The molecule has 0 aliphatic heterocycles. The summed E-state index contributed by atoms with van der Waals surface area (Å²) in [7, 11) is 0. The van der Waals surface area contributed by atoms with Crippen molar-refractivity contribution in [2.24, 2.45) is 0 Å². The number of halogens is 1. The molecule has 0 aliphatic rings. The van der Waals surface area contributed by atoms with E-state index >= 15 is 0 Å². The summed E-state index contributed by atoms with van der Waals surface area (Å²) in [6.07, 6.45) is 1.37. The third-order valence-electron chi connectivity index (χ3n) is 2.77. The predicted octanol–water partition coefficient (Wildman–Crippen LogP) is 3.51. The molecule has 0 aliphatic carbocycles. The van der Waals surface area contributed by atoms with Crippen LogP contribution in [0.1, 0.15) is 29.9 Å². The molecule has 110 valence electrons. The highest BCUT2D eigenvalue weighted by Gasteiger charge is 2.11. The first-order valence-corrected chi connectivity index (χ1v) is 6.99. The molecular formula is C15H17ClN4O. The number of carbonyl (C=O) groups is 1. The molecule has 0 atom stereocenters. The first-order chi connectivity index (χ1) is 9.95. The van der Waals surface area contributed by atoms with Gasteiger partial charge in [-0.3, -0.25) is 4.79 Å². The van der Waals surface area contributed by atoms with Crippen LogP contribution in [0.15, 0.2) is 30.6 Å². The Labute approximate surface area is 128 Å². The zero-order valence-corrected chi connectivity index (χ0v) is 12.9. The molecule has 2 aromatic rings. The van der Waals surface area contributed by atoms with E-state index in [-0.39, 0.29) is 11.9 Å². The van der Waals surface area contributed by atoms with Gasteiger partial charge >= 0.3 is 0 Å². The Hall–Kier alpha value is -2.14. The first kappa shape index (κ1) is 15.3. The van der Waals surface area contributed by atoms with Gasteiger partial charge in [0.1, 0.15) is 17.8 Å². The topological polar surface area (TPSA) is 66.9 Å². The van der Waals surface area contributed by atoms with E-state index in [1.54, 1.807) is 24.3 Å². The fraction of sp³-hybridized carbons (Fsp3) is 0.267. The molecule has 0 radical (unpaired) electrons. The van der Waals surface area contributed by atoms with Gasteiger partial charge in [0.05, 0.1) is 0 Å². The van der Waals surface area contributed by atoms with Crippen LogP contribution in [0.4, 0.5) is 11.5 Å². The largest absolute Gasteiger partial charge is 0.368 e. The van der Waals surface area contributed by atoms with Crippen molar-refractivity contribution in [1.29, 1.82) is 0 Å². The fourth-order valence-electron chi connectivity index (χ4n) is 1.81. The Morgan fingerprint density at radius 3 is 2.67 bits per heavy atom. The van der Waals surface area contributed by atoms with Gasteiger partial charge in [-0.25, -0.2) is 9.97 Å². The Kier molecular flexibility index (Phi) is 4.75. The Morgan fingerprint density at radius 1 is 1.24 bits per heavy atom. The number of carbonyl (C=O) groups excluding carboxylic acids is 1. The molecule has 1 aromatic carbocycles. The van der Waals surface area contributed by atoms with Crippen LogP contribution in [0.5, 0.6) is 0 Å². The third-order valence-corrected chi connectivity index (χ3v) is 3.01. The predicted molar refractivity (Wildman–Crippen MR) is 84.9 cm³/mol. The number of benzene rings is 1. The highest BCUT2D eigenvalue weighted by atomic mass is 35.5. The third kappa shape index (κ3) is 4.16. The van der Waals surface area contributed by atoms with Gasteiger partial charge in [-0.2, -0.15) is 0 Å². The number of aromatic nitrogens is 2. The number of amides is 1. The first-order valence-electron chi connectivity index (χ1n) is 6.62. The molecule has 2 rings (SSSR count). The Bertz CT molecular complexity index is 658. The second-order valence-electron chi connectivity index (χ2n) is 5.00. The minimum absolute atomic E-state index is 0.231. The molecular weight excluding hydrogens is 288 g/mol. The lowest BCUT2D eigenvalue weighted by Crippen LogP contribution is -2.16. The Balaban J connectivity index is 2.16. The van der Waals surface area contributed by atoms with Gasteiger partial charge in [-0.05, 0) is 44.5 Å². The fourth-order valence-corrected chi connectivity index (χ4v) is 2.04. The van der Waals surface area contributed by atoms with E-state index in [2.05, 4.69) is 20.6 Å². The summed E-state index contributed by atoms with van der Waals surface area (Å²) in [6, 6.07) is 7.15. The molecule has 6 heteroatoms. The summed E-state index contributed by atoms with van der Waals surface area (Å²) in [5.74, 6) is 0.340. The lowest BCUT2D eigenvalue weighted by Gasteiger charge is -2.11.